The molecule has 0 aromatic heterocycles. The van der Waals surface area contributed by atoms with E-state index < -0.39 is 0 Å². The third kappa shape index (κ3) is 9.50. The molecule has 92 valence electrons. The molecule has 0 atom stereocenters. The number of esters is 1. The van der Waals surface area contributed by atoms with Gasteiger partial charge >= 0.3 is 5.97 Å². The summed E-state index contributed by atoms with van der Waals surface area (Å²) < 4.78 is 12.0. The Balaban J connectivity index is 3.69. The van der Waals surface area contributed by atoms with Crippen molar-refractivity contribution in [2.75, 3.05) is 6.61 Å². The molecule has 0 aliphatic carbocycles. The summed E-state index contributed by atoms with van der Waals surface area (Å²) in [4.78, 5) is 11.1. The normalized spacial score (nSPS) is 11.9. The highest BCUT2D eigenvalue weighted by Gasteiger charge is 1.98. The second-order valence-electron chi connectivity index (χ2n) is 4.16. The fraction of sp³-hybridized carbons (Fsp3) is 0.643. The van der Waals surface area contributed by atoms with Gasteiger partial charge in [-0.05, 0) is 46.1 Å². The van der Waals surface area contributed by atoms with Crippen molar-refractivity contribution in [3.8, 4) is 0 Å². The number of rotatable bonds is 7. The molecule has 0 aromatic carbocycles. The molecule has 0 bridgehead atoms. The molecule has 0 radical (unpaired) electrons. The second kappa shape index (κ2) is 9.20. The molecule has 0 aromatic rings. The van der Waals surface area contributed by atoms with Crippen molar-refractivity contribution >= 4 is 5.97 Å². The fourth-order valence-electron chi connectivity index (χ4n) is 1.18. The largest absolute Gasteiger partial charge is 0.461 e. The number of allylic oxidation sites excluding steroid dienone is 3. The molecule has 0 heterocycles. The van der Waals surface area contributed by atoms with Gasteiger partial charge in [-0.1, -0.05) is 24.1 Å². The molecule has 0 spiro atoms. The van der Waals surface area contributed by atoms with Crippen molar-refractivity contribution in [2.45, 2.75) is 53.4 Å². The minimum Gasteiger partial charge on any atom is -0.461 e. The maximum atomic E-state index is 11.1. The number of carbonyl (C=O) groups is 1. The predicted molar refractivity (Wildman–Crippen MR) is 68.3 cm³/mol. The Bertz CT molecular complexity index is 276. The Morgan fingerprint density at radius 3 is 2.62 bits per heavy atom. The Morgan fingerprint density at radius 2 is 2.00 bits per heavy atom. The number of hydrogen-bond acceptors (Lipinski definition) is 2. The maximum Gasteiger partial charge on any atom is 0.306 e. The maximum absolute atomic E-state index is 11.1. The van der Waals surface area contributed by atoms with Crippen LogP contribution in [0.4, 0.5) is 0 Å². The lowest BCUT2D eigenvalue weighted by atomic mass is 10.1. The highest BCUT2D eigenvalue weighted by molar-refractivity contribution is 5.69. The lowest BCUT2D eigenvalue weighted by Crippen LogP contribution is -2.03. The first-order valence-corrected chi connectivity index (χ1v) is 5.80. The monoisotopic (exact) mass is 225 g/mol. The van der Waals surface area contributed by atoms with Crippen LogP contribution in [0.3, 0.4) is 0 Å². The van der Waals surface area contributed by atoms with Gasteiger partial charge in [0.2, 0.25) is 0 Å². The smallest absolute Gasteiger partial charge is 0.306 e. The lowest BCUT2D eigenvalue weighted by Gasteiger charge is -2.02. The number of ether oxygens (including phenoxy) is 1. The standard InChI is InChI=1S/C14H24O2/c1-5-7-14(15)16-11-10-13(4)9-6-8-12(2)3/h8,10H,5-7,9,11H2,1-4H3/i1D. The van der Waals surface area contributed by atoms with E-state index in [2.05, 4.69) is 26.8 Å². The molecule has 2 nitrogen and oxygen atoms in total. The minimum atomic E-state index is -0.203. The third-order valence-corrected chi connectivity index (χ3v) is 2.15. The first-order chi connectivity index (χ1) is 8.06. The Kier molecular flexibility index (Phi) is 7.48. The van der Waals surface area contributed by atoms with Crippen LogP contribution in [0.5, 0.6) is 0 Å². The average molecular weight is 225 g/mol. The summed E-state index contributed by atoms with van der Waals surface area (Å²) in [6, 6.07) is 0. The van der Waals surface area contributed by atoms with Gasteiger partial charge in [0.15, 0.2) is 0 Å². The summed E-state index contributed by atoms with van der Waals surface area (Å²) in [6.45, 7) is 6.88. The van der Waals surface area contributed by atoms with Crippen LogP contribution < -0.4 is 0 Å². The van der Waals surface area contributed by atoms with Gasteiger partial charge in [-0.25, -0.2) is 0 Å². The molecule has 16 heavy (non-hydrogen) atoms. The summed E-state index contributed by atoms with van der Waals surface area (Å²) in [6.07, 6.45) is 7.15. The van der Waals surface area contributed by atoms with Gasteiger partial charge in [0, 0.05) is 7.79 Å². The van der Waals surface area contributed by atoms with Crippen LogP contribution >= 0.6 is 0 Å². The summed E-state index contributed by atoms with van der Waals surface area (Å²) in [5.41, 5.74) is 2.58. The van der Waals surface area contributed by atoms with E-state index in [1.807, 2.05) is 6.08 Å². The van der Waals surface area contributed by atoms with E-state index in [0.29, 0.717) is 19.4 Å². The van der Waals surface area contributed by atoms with Crippen molar-refractivity contribution in [2.24, 2.45) is 0 Å². The molecule has 0 fully saturated rings. The van der Waals surface area contributed by atoms with Gasteiger partial charge in [-0.15, -0.1) is 0 Å². The van der Waals surface area contributed by atoms with Gasteiger partial charge in [-0.2, -0.15) is 0 Å². The zero-order valence-corrected chi connectivity index (χ0v) is 10.7. The van der Waals surface area contributed by atoms with Crippen LogP contribution in [0.25, 0.3) is 0 Å². The van der Waals surface area contributed by atoms with Crippen LogP contribution in [0.2, 0.25) is 0 Å². The minimum absolute atomic E-state index is 0.203. The molecule has 0 aliphatic heterocycles. The zero-order chi connectivity index (χ0) is 13.1. The van der Waals surface area contributed by atoms with E-state index in [4.69, 9.17) is 6.11 Å². The van der Waals surface area contributed by atoms with Gasteiger partial charge in [0.25, 0.3) is 0 Å². The van der Waals surface area contributed by atoms with E-state index in [9.17, 15) is 4.79 Å². The Hall–Kier alpha value is -1.05. The zero-order valence-electron chi connectivity index (χ0n) is 11.7. The van der Waals surface area contributed by atoms with E-state index in [1.54, 1.807) is 0 Å². The van der Waals surface area contributed by atoms with Crippen molar-refractivity contribution < 1.29 is 10.9 Å². The molecule has 0 amide bonds. The predicted octanol–water partition coefficient (Wildman–Crippen LogP) is 4.02. The van der Waals surface area contributed by atoms with E-state index >= 15 is 0 Å². The SMILES string of the molecule is [2H]CCCC(=O)OCC=C(C)CCC=C(C)C. The Morgan fingerprint density at radius 1 is 1.25 bits per heavy atom. The van der Waals surface area contributed by atoms with E-state index in [-0.39, 0.29) is 12.9 Å². The molecular formula is C14H24O2. The second-order valence-corrected chi connectivity index (χ2v) is 4.16. The summed E-state index contributed by atoms with van der Waals surface area (Å²) in [5, 5.41) is 0. The molecular weight excluding hydrogens is 200 g/mol. The lowest BCUT2D eigenvalue weighted by molar-refractivity contribution is -0.142. The van der Waals surface area contributed by atoms with Crippen molar-refractivity contribution in [1.29, 1.82) is 0 Å². The van der Waals surface area contributed by atoms with Gasteiger partial charge in [0.05, 0.1) is 0 Å². The number of carbonyl (C=O) groups excluding carboxylic acids is 1. The Labute approximate surface area is 101 Å². The molecule has 0 aliphatic rings. The quantitative estimate of drug-likeness (QED) is 0.483. The third-order valence-electron chi connectivity index (χ3n) is 2.15. The van der Waals surface area contributed by atoms with Gasteiger partial charge in [0.1, 0.15) is 6.61 Å². The van der Waals surface area contributed by atoms with Crippen molar-refractivity contribution in [1.82, 2.24) is 0 Å². The van der Waals surface area contributed by atoms with E-state index in [0.717, 1.165) is 12.8 Å². The van der Waals surface area contributed by atoms with Crippen LogP contribution in [-0.4, -0.2) is 12.6 Å². The average Bonchev–Trinajstić information content (AvgIpc) is 2.25. The molecule has 0 unspecified atom stereocenters. The van der Waals surface area contributed by atoms with Crippen LogP contribution in [0, 0.1) is 0 Å². The first kappa shape index (κ1) is 13.0. The van der Waals surface area contributed by atoms with E-state index in [1.165, 1.54) is 11.1 Å². The van der Waals surface area contributed by atoms with Gasteiger partial charge in [-0.3, -0.25) is 4.79 Å². The first-order valence-electron chi connectivity index (χ1n) is 6.50. The molecule has 0 rings (SSSR count). The summed E-state index contributed by atoms with van der Waals surface area (Å²) in [7, 11) is 0. The highest BCUT2D eigenvalue weighted by Crippen LogP contribution is 2.06. The van der Waals surface area contributed by atoms with Crippen LogP contribution in [-0.2, 0) is 9.53 Å². The van der Waals surface area contributed by atoms with Gasteiger partial charge < -0.3 is 4.74 Å². The van der Waals surface area contributed by atoms with Crippen molar-refractivity contribution in [3.05, 3.63) is 23.3 Å². The number of hydrogen-bond donors (Lipinski definition) is 0. The topological polar surface area (TPSA) is 26.3 Å². The van der Waals surface area contributed by atoms with Crippen LogP contribution in [0.15, 0.2) is 23.3 Å². The summed E-state index contributed by atoms with van der Waals surface area (Å²) >= 11 is 0. The highest BCUT2D eigenvalue weighted by atomic mass is 16.5. The molecule has 0 N–H and O–H groups in total. The summed E-state index contributed by atoms with van der Waals surface area (Å²) in [5.74, 6) is -0.203. The molecule has 0 saturated carbocycles. The molecule has 2 heteroatoms. The molecule has 0 saturated heterocycles. The fourth-order valence-corrected chi connectivity index (χ4v) is 1.18. The van der Waals surface area contributed by atoms with Crippen molar-refractivity contribution in [3.63, 3.8) is 0 Å². The van der Waals surface area contributed by atoms with Crippen LogP contribution in [0.1, 0.15) is 54.7 Å².